The van der Waals surface area contributed by atoms with Crippen LogP contribution >= 0.6 is 0 Å². The van der Waals surface area contributed by atoms with Gasteiger partial charge in [0.1, 0.15) is 5.65 Å². The molecule has 0 saturated heterocycles. The van der Waals surface area contributed by atoms with Gasteiger partial charge < -0.3 is 9.72 Å². The number of nitrogens with zero attached hydrogens (tertiary/aromatic N) is 2. The highest BCUT2D eigenvalue weighted by molar-refractivity contribution is 5.77. The second-order valence-corrected chi connectivity index (χ2v) is 8.08. The van der Waals surface area contributed by atoms with Gasteiger partial charge in [0.2, 0.25) is 5.91 Å². The zero-order valence-electron chi connectivity index (χ0n) is 18.1. The molecular weight excluding hydrogens is 427 g/mol. The van der Waals surface area contributed by atoms with Crippen molar-refractivity contribution in [3.8, 4) is 0 Å². The Hall–Kier alpha value is -3.61. The van der Waals surface area contributed by atoms with Crippen molar-refractivity contribution in [2.75, 3.05) is 6.54 Å². The number of alkyl halides is 3. The van der Waals surface area contributed by atoms with Gasteiger partial charge in [-0.2, -0.15) is 13.2 Å². The van der Waals surface area contributed by atoms with E-state index in [1.165, 1.54) is 6.07 Å². The number of rotatable bonds is 7. The summed E-state index contributed by atoms with van der Waals surface area (Å²) in [6, 6.07) is 18.7. The standard InChI is InChI=1S/C26H24F3N3O/c1-18-11-13-32-23(17-31-24(32)14-18)22(20-8-5-9-21(15-20)26(27,28)29)16-25(33)30-12-10-19-6-3-2-4-7-19/h2-9,11,13-15,17,22H,10,12,16H2,1H3,(H,30,33). The van der Waals surface area contributed by atoms with Gasteiger partial charge in [-0.1, -0.05) is 48.5 Å². The van der Waals surface area contributed by atoms with Crippen LogP contribution in [0.1, 0.15) is 40.3 Å². The average molecular weight is 451 g/mol. The van der Waals surface area contributed by atoms with Crippen molar-refractivity contribution in [2.24, 2.45) is 0 Å². The molecule has 0 spiro atoms. The van der Waals surface area contributed by atoms with Gasteiger partial charge in [-0.3, -0.25) is 4.79 Å². The van der Waals surface area contributed by atoms with Crippen LogP contribution < -0.4 is 5.32 Å². The summed E-state index contributed by atoms with van der Waals surface area (Å²) in [6.07, 6.45) is -0.305. The Kier molecular flexibility index (Phi) is 6.49. The number of imidazole rings is 1. The highest BCUT2D eigenvalue weighted by Crippen LogP contribution is 2.34. The molecule has 1 atom stereocenters. The fraction of sp³-hybridized carbons (Fsp3) is 0.231. The van der Waals surface area contributed by atoms with Crippen molar-refractivity contribution in [3.63, 3.8) is 0 Å². The van der Waals surface area contributed by atoms with E-state index in [0.717, 1.165) is 23.3 Å². The Bertz CT molecular complexity index is 1250. The zero-order valence-corrected chi connectivity index (χ0v) is 18.1. The first-order chi connectivity index (χ1) is 15.8. The third kappa shape index (κ3) is 5.42. The summed E-state index contributed by atoms with van der Waals surface area (Å²) in [5, 5.41) is 2.90. The van der Waals surface area contributed by atoms with E-state index in [9.17, 15) is 18.0 Å². The van der Waals surface area contributed by atoms with Gasteiger partial charge >= 0.3 is 6.18 Å². The van der Waals surface area contributed by atoms with Gasteiger partial charge in [0, 0.05) is 31.3 Å². The van der Waals surface area contributed by atoms with Gasteiger partial charge in [0.15, 0.2) is 0 Å². The predicted molar refractivity (Wildman–Crippen MR) is 121 cm³/mol. The van der Waals surface area contributed by atoms with Crippen LogP contribution in [-0.2, 0) is 17.4 Å². The number of carbonyl (C=O) groups is 1. The summed E-state index contributed by atoms with van der Waals surface area (Å²) in [7, 11) is 0. The average Bonchev–Trinajstić information content (AvgIpc) is 3.20. The molecule has 0 saturated carbocycles. The molecule has 4 rings (SSSR count). The van der Waals surface area contributed by atoms with E-state index in [2.05, 4.69) is 10.3 Å². The van der Waals surface area contributed by atoms with Crippen LogP contribution in [0.2, 0.25) is 0 Å². The highest BCUT2D eigenvalue weighted by Gasteiger charge is 2.32. The molecule has 1 amide bonds. The minimum absolute atomic E-state index is 0.0117. The topological polar surface area (TPSA) is 46.4 Å². The molecule has 4 nitrogen and oxygen atoms in total. The second kappa shape index (κ2) is 9.48. The van der Waals surface area contributed by atoms with E-state index < -0.39 is 17.7 Å². The van der Waals surface area contributed by atoms with Crippen molar-refractivity contribution in [1.82, 2.24) is 14.7 Å². The number of hydrogen-bond donors (Lipinski definition) is 1. The molecule has 1 unspecified atom stereocenters. The summed E-state index contributed by atoms with van der Waals surface area (Å²) in [4.78, 5) is 17.2. The Morgan fingerprint density at radius 3 is 2.61 bits per heavy atom. The molecule has 7 heteroatoms. The van der Waals surface area contributed by atoms with E-state index in [0.29, 0.717) is 29.9 Å². The lowest BCUT2D eigenvalue weighted by molar-refractivity contribution is -0.137. The van der Waals surface area contributed by atoms with Crippen LogP contribution in [0.5, 0.6) is 0 Å². The smallest absolute Gasteiger partial charge is 0.356 e. The summed E-state index contributed by atoms with van der Waals surface area (Å²) in [5.41, 5.74) is 3.16. The number of pyridine rings is 1. The minimum atomic E-state index is -4.46. The number of fused-ring (bicyclic) bond motifs is 1. The van der Waals surface area contributed by atoms with Gasteiger partial charge in [-0.15, -0.1) is 0 Å². The lowest BCUT2D eigenvalue weighted by Crippen LogP contribution is -2.27. The zero-order chi connectivity index (χ0) is 23.4. The molecule has 0 bridgehead atoms. The Labute approximate surface area is 190 Å². The Morgan fingerprint density at radius 1 is 1.06 bits per heavy atom. The first-order valence-electron chi connectivity index (χ1n) is 10.7. The van der Waals surface area contributed by atoms with Crippen molar-refractivity contribution in [1.29, 1.82) is 0 Å². The Morgan fingerprint density at radius 2 is 1.85 bits per heavy atom. The van der Waals surface area contributed by atoms with Crippen molar-refractivity contribution < 1.29 is 18.0 Å². The number of carbonyl (C=O) groups excluding carboxylic acids is 1. The van der Waals surface area contributed by atoms with Gasteiger partial charge in [-0.25, -0.2) is 4.98 Å². The maximum Gasteiger partial charge on any atom is 0.416 e. The van der Waals surface area contributed by atoms with Crippen LogP contribution in [0.25, 0.3) is 5.65 Å². The molecule has 0 aliphatic rings. The van der Waals surface area contributed by atoms with E-state index in [1.807, 2.05) is 60.0 Å². The molecule has 0 aliphatic heterocycles. The normalized spacial score (nSPS) is 12.6. The number of amides is 1. The van der Waals surface area contributed by atoms with Gasteiger partial charge in [0.05, 0.1) is 11.3 Å². The van der Waals surface area contributed by atoms with E-state index in [4.69, 9.17) is 0 Å². The molecule has 170 valence electrons. The van der Waals surface area contributed by atoms with E-state index >= 15 is 0 Å². The lowest BCUT2D eigenvalue weighted by Gasteiger charge is -2.19. The lowest BCUT2D eigenvalue weighted by atomic mass is 9.91. The third-order valence-corrected chi connectivity index (χ3v) is 5.64. The number of hydrogen-bond acceptors (Lipinski definition) is 2. The van der Waals surface area contributed by atoms with Crippen LogP contribution in [0.15, 0.2) is 79.1 Å². The summed E-state index contributed by atoms with van der Waals surface area (Å²) in [6.45, 7) is 2.39. The molecule has 33 heavy (non-hydrogen) atoms. The fourth-order valence-electron chi connectivity index (χ4n) is 3.93. The predicted octanol–water partition coefficient (Wildman–Crippen LogP) is 5.54. The van der Waals surface area contributed by atoms with E-state index in [-0.39, 0.29) is 12.3 Å². The number of aryl methyl sites for hydroxylation is 1. The molecule has 0 radical (unpaired) electrons. The van der Waals surface area contributed by atoms with Crippen LogP contribution in [0, 0.1) is 6.92 Å². The quantitative estimate of drug-likeness (QED) is 0.401. The van der Waals surface area contributed by atoms with Crippen LogP contribution in [0.3, 0.4) is 0 Å². The molecule has 2 aromatic heterocycles. The molecule has 2 heterocycles. The molecule has 2 aromatic carbocycles. The maximum absolute atomic E-state index is 13.4. The van der Waals surface area contributed by atoms with Gasteiger partial charge in [0.25, 0.3) is 0 Å². The van der Waals surface area contributed by atoms with Crippen LogP contribution in [-0.4, -0.2) is 21.8 Å². The Balaban J connectivity index is 1.61. The van der Waals surface area contributed by atoms with Crippen LogP contribution in [0.4, 0.5) is 13.2 Å². The fourth-order valence-corrected chi connectivity index (χ4v) is 3.93. The summed E-state index contributed by atoms with van der Waals surface area (Å²) >= 11 is 0. The van der Waals surface area contributed by atoms with Crippen molar-refractivity contribution >= 4 is 11.6 Å². The van der Waals surface area contributed by atoms with Crippen molar-refractivity contribution in [2.45, 2.75) is 31.9 Å². The molecule has 1 N–H and O–H groups in total. The highest BCUT2D eigenvalue weighted by atomic mass is 19.4. The first-order valence-corrected chi connectivity index (χ1v) is 10.7. The number of halogens is 3. The minimum Gasteiger partial charge on any atom is -0.356 e. The maximum atomic E-state index is 13.4. The number of benzene rings is 2. The first kappa shape index (κ1) is 22.6. The van der Waals surface area contributed by atoms with E-state index in [1.54, 1.807) is 12.3 Å². The SMILES string of the molecule is Cc1ccn2c(C(CC(=O)NCCc3ccccc3)c3cccc(C(F)(F)F)c3)cnc2c1. The van der Waals surface area contributed by atoms with Crippen molar-refractivity contribution in [3.05, 3.63) is 107 Å². The van der Waals surface area contributed by atoms with Gasteiger partial charge in [-0.05, 0) is 48.2 Å². The summed E-state index contributed by atoms with van der Waals surface area (Å²) in [5.74, 6) is -0.808. The molecule has 0 fully saturated rings. The second-order valence-electron chi connectivity index (χ2n) is 8.08. The largest absolute Gasteiger partial charge is 0.416 e. The molecular formula is C26H24F3N3O. The number of aromatic nitrogens is 2. The monoisotopic (exact) mass is 451 g/mol. The number of nitrogens with one attached hydrogen (secondary N) is 1. The summed E-state index contributed by atoms with van der Waals surface area (Å²) < 4.78 is 41.9. The third-order valence-electron chi connectivity index (χ3n) is 5.64. The molecule has 0 aliphatic carbocycles. The molecule has 4 aromatic rings.